The van der Waals surface area contributed by atoms with E-state index in [4.69, 9.17) is 9.47 Å². The van der Waals surface area contributed by atoms with Crippen molar-refractivity contribution in [3.63, 3.8) is 0 Å². The van der Waals surface area contributed by atoms with Gasteiger partial charge < -0.3 is 9.47 Å². The Kier molecular flexibility index (Phi) is 2.48. The van der Waals surface area contributed by atoms with Crippen LogP contribution in [0.4, 0.5) is 0 Å². The normalized spacial score (nSPS) is 17.7. The minimum Gasteiger partial charge on any atom is -0.485 e. The van der Waals surface area contributed by atoms with Crippen LogP contribution in [0.15, 0.2) is 29.3 Å². The first-order valence-corrected chi connectivity index (χ1v) is 4.31. The van der Waals surface area contributed by atoms with Gasteiger partial charge in [-0.25, -0.2) is 4.79 Å². The van der Waals surface area contributed by atoms with Crippen LogP contribution in [0.2, 0.25) is 0 Å². The molecule has 5 heteroatoms. The molecule has 2 rings (SSSR count). The summed E-state index contributed by atoms with van der Waals surface area (Å²) < 4.78 is 10.6. The molecule has 5 nitrogen and oxygen atoms in total. The van der Waals surface area contributed by atoms with Gasteiger partial charge >= 0.3 is 5.91 Å². The summed E-state index contributed by atoms with van der Waals surface area (Å²) in [6, 6.07) is 6.98. The van der Waals surface area contributed by atoms with Crippen LogP contribution >= 0.6 is 0 Å². The second-order valence-electron chi connectivity index (χ2n) is 2.91. The Morgan fingerprint density at radius 3 is 2.87 bits per heavy atom. The molecule has 0 aliphatic carbocycles. The smallest absolute Gasteiger partial charge is 0.301 e. The fourth-order valence-corrected chi connectivity index (χ4v) is 1.26. The molecule has 15 heavy (non-hydrogen) atoms. The molecule has 0 radical (unpaired) electrons. The molecule has 1 aromatic carbocycles. The van der Waals surface area contributed by atoms with E-state index in [2.05, 4.69) is 4.99 Å². The summed E-state index contributed by atoms with van der Waals surface area (Å²) in [7, 11) is 0. The standard InChI is InChI=1S/C10H7NO4/c12-6-11-10(13)9-5-14-7-3-1-2-4-8(7)15-9/h1-4,9H,5H2. The fraction of sp³-hybridized carbons (Fsp3) is 0.200. The highest BCUT2D eigenvalue weighted by Crippen LogP contribution is 2.30. The van der Waals surface area contributed by atoms with E-state index in [0.717, 1.165) is 0 Å². The Morgan fingerprint density at radius 2 is 2.13 bits per heavy atom. The molecule has 1 atom stereocenters. The molecule has 0 aromatic heterocycles. The van der Waals surface area contributed by atoms with E-state index in [1.807, 2.05) is 0 Å². The van der Waals surface area contributed by atoms with E-state index in [0.29, 0.717) is 11.5 Å². The van der Waals surface area contributed by atoms with Gasteiger partial charge in [-0.05, 0) is 12.1 Å². The van der Waals surface area contributed by atoms with Crippen molar-refractivity contribution in [2.45, 2.75) is 6.10 Å². The van der Waals surface area contributed by atoms with Crippen molar-refractivity contribution >= 4 is 12.0 Å². The number of para-hydroxylation sites is 2. The molecule has 1 heterocycles. The summed E-state index contributed by atoms with van der Waals surface area (Å²) in [6.07, 6.45) is 0.319. The number of fused-ring (bicyclic) bond motifs is 1. The van der Waals surface area contributed by atoms with E-state index in [9.17, 15) is 9.59 Å². The monoisotopic (exact) mass is 205 g/mol. The van der Waals surface area contributed by atoms with Gasteiger partial charge in [-0.3, -0.25) is 4.79 Å². The maximum atomic E-state index is 11.2. The van der Waals surface area contributed by atoms with Crippen LogP contribution in [-0.2, 0) is 9.59 Å². The van der Waals surface area contributed by atoms with Gasteiger partial charge in [0, 0.05) is 0 Å². The van der Waals surface area contributed by atoms with Gasteiger partial charge in [0.25, 0.3) is 0 Å². The maximum absolute atomic E-state index is 11.2. The third kappa shape index (κ3) is 1.87. The molecule has 1 aromatic rings. The molecular formula is C10H7NO4. The Hall–Kier alpha value is -2.13. The number of hydrogen-bond acceptors (Lipinski definition) is 4. The first kappa shape index (κ1) is 9.43. The van der Waals surface area contributed by atoms with Crippen LogP contribution < -0.4 is 9.47 Å². The second-order valence-corrected chi connectivity index (χ2v) is 2.91. The van der Waals surface area contributed by atoms with E-state index >= 15 is 0 Å². The lowest BCUT2D eigenvalue weighted by molar-refractivity contribution is -0.126. The number of nitrogens with zero attached hydrogens (tertiary/aromatic N) is 1. The lowest BCUT2D eigenvalue weighted by Crippen LogP contribution is -2.35. The fourth-order valence-electron chi connectivity index (χ4n) is 1.26. The predicted octanol–water partition coefficient (Wildman–Crippen LogP) is 0.689. The summed E-state index contributed by atoms with van der Waals surface area (Å²) in [4.78, 5) is 24.0. The first-order valence-electron chi connectivity index (χ1n) is 4.31. The number of carbonyl (C=O) groups is 1. The Morgan fingerprint density at radius 1 is 1.40 bits per heavy atom. The van der Waals surface area contributed by atoms with Gasteiger partial charge in [-0.2, -0.15) is 0 Å². The van der Waals surface area contributed by atoms with E-state index < -0.39 is 12.0 Å². The third-order valence-corrected chi connectivity index (χ3v) is 1.94. The lowest BCUT2D eigenvalue weighted by atomic mass is 10.2. The number of ether oxygens (including phenoxy) is 2. The molecule has 0 N–H and O–H groups in total. The van der Waals surface area contributed by atoms with Crippen LogP contribution in [0.3, 0.4) is 0 Å². The van der Waals surface area contributed by atoms with E-state index in [-0.39, 0.29) is 6.61 Å². The summed E-state index contributed by atoms with van der Waals surface area (Å²) >= 11 is 0. The zero-order valence-corrected chi connectivity index (χ0v) is 7.67. The third-order valence-electron chi connectivity index (χ3n) is 1.94. The van der Waals surface area contributed by atoms with Gasteiger partial charge in [0.2, 0.25) is 12.2 Å². The van der Waals surface area contributed by atoms with Crippen molar-refractivity contribution in [2.75, 3.05) is 6.61 Å². The van der Waals surface area contributed by atoms with Crippen molar-refractivity contribution in [1.82, 2.24) is 0 Å². The average molecular weight is 205 g/mol. The predicted molar refractivity (Wildman–Crippen MR) is 49.5 cm³/mol. The van der Waals surface area contributed by atoms with Gasteiger partial charge in [-0.15, -0.1) is 4.99 Å². The van der Waals surface area contributed by atoms with E-state index in [1.54, 1.807) is 24.3 Å². The molecule has 0 saturated carbocycles. The van der Waals surface area contributed by atoms with Crippen molar-refractivity contribution in [3.05, 3.63) is 24.3 Å². The van der Waals surface area contributed by atoms with Crippen molar-refractivity contribution < 1.29 is 19.1 Å². The first-order chi connectivity index (χ1) is 7.31. The summed E-state index contributed by atoms with van der Waals surface area (Å²) in [5.74, 6) is 0.374. The maximum Gasteiger partial charge on any atom is 0.301 e. The average Bonchev–Trinajstić information content (AvgIpc) is 2.29. The molecular weight excluding hydrogens is 198 g/mol. The van der Waals surface area contributed by atoms with Crippen molar-refractivity contribution in [1.29, 1.82) is 0 Å². The molecule has 1 unspecified atom stereocenters. The molecule has 0 bridgehead atoms. The zero-order valence-electron chi connectivity index (χ0n) is 7.67. The Labute approximate surface area is 85.3 Å². The highest BCUT2D eigenvalue weighted by Gasteiger charge is 2.26. The topological polar surface area (TPSA) is 65.0 Å². The molecule has 1 amide bonds. The minimum atomic E-state index is -0.860. The summed E-state index contributed by atoms with van der Waals surface area (Å²) in [5.41, 5.74) is 0. The number of benzene rings is 1. The number of aliphatic imine (C=N–C) groups is 1. The number of hydrogen-bond donors (Lipinski definition) is 0. The summed E-state index contributed by atoms with van der Waals surface area (Å²) in [6.45, 7) is 0.0566. The van der Waals surface area contributed by atoms with Gasteiger partial charge in [0.05, 0.1) is 0 Å². The molecule has 0 saturated heterocycles. The van der Waals surface area contributed by atoms with Crippen molar-refractivity contribution in [2.24, 2.45) is 4.99 Å². The van der Waals surface area contributed by atoms with Crippen molar-refractivity contribution in [3.8, 4) is 11.5 Å². The number of rotatable bonds is 1. The molecule has 0 spiro atoms. The zero-order chi connectivity index (χ0) is 10.7. The van der Waals surface area contributed by atoms with Crippen LogP contribution in [0.5, 0.6) is 11.5 Å². The number of amides is 1. The lowest BCUT2D eigenvalue weighted by Gasteiger charge is -2.23. The van der Waals surface area contributed by atoms with E-state index in [1.165, 1.54) is 6.08 Å². The largest absolute Gasteiger partial charge is 0.485 e. The molecule has 0 fully saturated rings. The van der Waals surface area contributed by atoms with Crippen LogP contribution in [0.25, 0.3) is 0 Å². The van der Waals surface area contributed by atoms with Gasteiger partial charge in [0.1, 0.15) is 6.61 Å². The van der Waals surface area contributed by atoms with Crippen LogP contribution in [0, 0.1) is 0 Å². The quantitative estimate of drug-likeness (QED) is 0.499. The molecule has 1 aliphatic heterocycles. The molecule has 1 aliphatic rings. The second kappa shape index (κ2) is 3.94. The Bertz CT molecular complexity index is 437. The Balaban J connectivity index is 2.18. The van der Waals surface area contributed by atoms with Gasteiger partial charge in [-0.1, -0.05) is 12.1 Å². The number of isocyanates is 1. The highest BCUT2D eigenvalue weighted by molar-refractivity contribution is 5.86. The van der Waals surface area contributed by atoms with Gasteiger partial charge in [0.15, 0.2) is 11.5 Å². The summed E-state index contributed by atoms with van der Waals surface area (Å²) in [5, 5.41) is 0. The number of carbonyl (C=O) groups excluding carboxylic acids is 2. The van der Waals surface area contributed by atoms with Crippen LogP contribution in [-0.4, -0.2) is 24.7 Å². The minimum absolute atomic E-state index is 0.0566. The molecule has 76 valence electrons. The van der Waals surface area contributed by atoms with Crippen LogP contribution in [0.1, 0.15) is 0 Å². The highest BCUT2D eigenvalue weighted by atomic mass is 16.6. The SMILES string of the molecule is O=C=NC(=O)C1COc2ccccc2O1.